The maximum atomic E-state index is 12.9. The maximum Gasteiger partial charge on any atom is 0.306 e. The molecule has 0 aromatic heterocycles. The zero-order valence-electron chi connectivity index (χ0n) is 53.0. The molecular weight excluding hydrogens is 997 g/mol. The van der Waals surface area contributed by atoms with Gasteiger partial charge in [0.25, 0.3) is 0 Å². The fraction of sp³-hybridized carbons (Fsp3) is 0.693. The van der Waals surface area contributed by atoms with Crippen LogP contribution in [0.1, 0.15) is 316 Å². The molecule has 0 aliphatic carbocycles. The summed E-state index contributed by atoms with van der Waals surface area (Å²) < 4.78 is 17.0. The van der Waals surface area contributed by atoms with Crippen LogP contribution in [0, 0.1) is 0 Å². The number of hydrogen-bond donors (Lipinski definition) is 0. The Hall–Kier alpha value is -4.19. The summed E-state index contributed by atoms with van der Waals surface area (Å²) in [5.74, 6) is -0.911. The van der Waals surface area contributed by atoms with Crippen LogP contribution in [0.3, 0.4) is 0 Å². The number of allylic oxidation sites excluding steroid dienone is 20. The van der Waals surface area contributed by atoms with Gasteiger partial charge in [-0.05, 0) is 128 Å². The molecule has 0 saturated carbocycles. The van der Waals surface area contributed by atoms with Gasteiger partial charge in [-0.15, -0.1) is 0 Å². The first-order chi connectivity index (χ1) is 40.0. The number of esters is 3. The van der Waals surface area contributed by atoms with Crippen molar-refractivity contribution in [2.24, 2.45) is 0 Å². The lowest BCUT2D eigenvalue weighted by atomic mass is 10.0. The third kappa shape index (κ3) is 66.5. The Morgan fingerprint density at radius 1 is 0.259 bits per heavy atom. The SMILES string of the molecule is CC/C=C\C/C=C\C/C=C\C/C=C\C/C=C\CCCCCCCCCC(=O)OC(COC(=O)CCCCCCC/C=C\C/C=C\C/C=C\CC)COC(=O)CCCCCCCCCCCCCCC/C=C\C/C=C\CCCCCCC. The van der Waals surface area contributed by atoms with Crippen LogP contribution in [0.5, 0.6) is 0 Å². The molecule has 1 unspecified atom stereocenters. The highest BCUT2D eigenvalue weighted by Crippen LogP contribution is 2.16. The molecule has 0 aliphatic heterocycles. The molecule has 0 fully saturated rings. The van der Waals surface area contributed by atoms with E-state index >= 15 is 0 Å². The second-order valence-corrected chi connectivity index (χ2v) is 22.3. The minimum Gasteiger partial charge on any atom is -0.462 e. The van der Waals surface area contributed by atoms with Crippen molar-refractivity contribution in [3.05, 3.63) is 122 Å². The zero-order chi connectivity index (χ0) is 58.5. The topological polar surface area (TPSA) is 78.9 Å². The Kier molecular flexibility index (Phi) is 64.8. The molecule has 0 radical (unpaired) electrons. The molecule has 6 nitrogen and oxygen atoms in total. The van der Waals surface area contributed by atoms with Gasteiger partial charge in [-0.3, -0.25) is 14.4 Å². The van der Waals surface area contributed by atoms with Crippen molar-refractivity contribution in [2.45, 2.75) is 322 Å². The number of unbranched alkanes of at least 4 members (excludes halogenated alkanes) is 30. The highest BCUT2D eigenvalue weighted by Gasteiger charge is 2.19. The number of carbonyl (C=O) groups is 3. The van der Waals surface area contributed by atoms with Crippen LogP contribution in [0.15, 0.2) is 122 Å². The molecular formula is C75H126O6. The van der Waals surface area contributed by atoms with Crippen LogP contribution in [0.2, 0.25) is 0 Å². The fourth-order valence-corrected chi connectivity index (χ4v) is 9.40. The molecule has 0 rings (SSSR count). The molecule has 81 heavy (non-hydrogen) atoms. The third-order valence-corrected chi connectivity index (χ3v) is 14.4. The number of carbonyl (C=O) groups excluding carboxylic acids is 3. The van der Waals surface area contributed by atoms with E-state index in [1.165, 1.54) is 135 Å². The minimum atomic E-state index is -0.797. The summed E-state index contributed by atoms with van der Waals surface area (Å²) in [5.41, 5.74) is 0. The average molecular weight is 1120 g/mol. The van der Waals surface area contributed by atoms with Gasteiger partial charge >= 0.3 is 17.9 Å². The lowest BCUT2D eigenvalue weighted by molar-refractivity contribution is -0.167. The molecule has 0 aromatic rings. The monoisotopic (exact) mass is 1120 g/mol. The molecule has 0 bridgehead atoms. The predicted octanol–water partition coefficient (Wildman–Crippen LogP) is 23.6. The summed E-state index contributed by atoms with van der Waals surface area (Å²) >= 11 is 0. The molecule has 6 heteroatoms. The Bertz CT molecular complexity index is 1670. The Morgan fingerprint density at radius 3 is 0.753 bits per heavy atom. The van der Waals surface area contributed by atoms with E-state index in [4.69, 9.17) is 14.2 Å². The van der Waals surface area contributed by atoms with Crippen LogP contribution >= 0.6 is 0 Å². The summed E-state index contributed by atoms with van der Waals surface area (Å²) in [6.45, 7) is 6.41. The highest BCUT2D eigenvalue weighted by atomic mass is 16.6. The molecule has 0 aromatic carbocycles. The van der Waals surface area contributed by atoms with E-state index in [1.54, 1.807) is 0 Å². The van der Waals surface area contributed by atoms with E-state index in [9.17, 15) is 14.4 Å². The van der Waals surface area contributed by atoms with E-state index in [0.29, 0.717) is 19.3 Å². The van der Waals surface area contributed by atoms with Crippen molar-refractivity contribution in [3.8, 4) is 0 Å². The van der Waals surface area contributed by atoms with Crippen LogP contribution in [0.4, 0.5) is 0 Å². The lowest BCUT2D eigenvalue weighted by Gasteiger charge is -2.18. The summed E-state index contributed by atoms with van der Waals surface area (Å²) in [7, 11) is 0. The van der Waals surface area contributed by atoms with Gasteiger partial charge in [0.05, 0.1) is 0 Å². The fourth-order valence-electron chi connectivity index (χ4n) is 9.40. The van der Waals surface area contributed by atoms with Gasteiger partial charge in [0.2, 0.25) is 0 Å². The molecule has 0 saturated heterocycles. The first-order valence-electron chi connectivity index (χ1n) is 34.0. The van der Waals surface area contributed by atoms with Gasteiger partial charge in [-0.1, -0.05) is 290 Å². The first kappa shape index (κ1) is 76.8. The van der Waals surface area contributed by atoms with Crippen molar-refractivity contribution in [1.82, 2.24) is 0 Å². The normalized spacial score (nSPS) is 12.9. The zero-order valence-corrected chi connectivity index (χ0v) is 53.0. The summed E-state index contributed by atoms with van der Waals surface area (Å²) in [6.07, 6.45) is 95.0. The maximum absolute atomic E-state index is 12.9. The number of hydrogen-bond acceptors (Lipinski definition) is 6. The predicted molar refractivity (Wildman–Crippen MR) is 353 cm³/mol. The Balaban J connectivity index is 4.38. The first-order valence-corrected chi connectivity index (χ1v) is 34.0. The number of ether oxygens (including phenoxy) is 3. The quantitative estimate of drug-likeness (QED) is 0.0261. The second-order valence-electron chi connectivity index (χ2n) is 22.3. The van der Waals surface area contributed by atoms with E-state index in [2.05, 4.69) is 142 Å². The summed E-state index contributed by atoms with van der Waals surface area (Å²) in [5, 5.41) is 0. The molecule has 1 atom stereocenters. The summed E-state index contributed by atoms with van der Waals surface area (Å²) in [6, 6.07) is 0. The van der Waals surface area contributed by atoms with Crippen molar-refractivity contribution in [1.29, 1.82) is 0 Å². The third-order valence-electron chi connectivity index (χ3n) is 14.4. The van der Waals surface area contributed by atoms with Gasteiger partial charge in [0, 0.05) is 19.3 Å². The molecule has 0 heterocycles. The number of rotatable bonds is 61. The van der Waals surface area contributed by atoms with Gasteiger partial charge in [-0.2, -0.15) is 0 Å². The van der Waals surface area contributed by atoms with Gasteiger partial charge in [-0.25, -0.2) is 0 Å². The second kappa shape index (κ2) is 68.3. The van der Waals surface area contributed by atoms with E-state index in [1.807, 2.05) is 0 Å². The molecule has 0 N–H and O–H groups in total. The molecule has 0 amide bonds. The van der Waals surface area contributed by atoms with Gasteiger partial charge in [0.15, 0.2) is 6.10 Å². The molecule has 462 valence electrons. The van der Waals surface area contributed by atoms with Crippen molar-refractivity contribution < 1.29 is 28.6 Å². The van der Waals surface area contributed by atoms with Crippen molar-refractivity contribution in [3.63, 3.8) is 0 Å². The van der Waals surface area contributed by atoms with Crippen LogP contribution in [0.25, 0.3) is 0 Å². The molecule has 0 aliphatic rings. The smallest absolute Gasteiger partial charge is 0.306 e. The lowest BCUT2D eigenvalue weighted by Crippen LogP contribution is -2.30. The van der Waals surface area contributed by atoms with Crippen LogP contribution in [-0.2, 0) is 28.6 Å². The van der Waals surface area contributed by atoms with Crippen LogP contribution < -0.4 is 0 Å². The largest absolute Gasteiger partial charge is 0.462 e. The minimum absolute atomic E-state index is 0.0900. The molecule has 0 spiro atoms. The average Bonchev–Trinajstić information content (AvgIpc) is 3.47. The van der Waals surface area contributed by atoms with E-state index < -0.39 is 6.10 Å². The Labute approximate surface area is 501 Å². The van der Waals surface area contributed by atoms with Crippen LogP contribution in [-0.4, -0.2) is 37.2 Å². The Morgan fingerprint density at radius 2 is 0.481 bits per heavy atom. The van der Waals surface area contributed by atoms with Gasteiger partial charge in [0.1, 0.15) is 13.2 Å². The summed E-state index contributed by atoms with van der Waals surface area (Å²) in [4.78, 5) is 38.4. The van der Waals surface area contributed by atoms with Gasteiger partial charge < -0.3 is 14.2 Å². The van der Waals surface area contributed by atoms with E-state index in [-0.39, 0.29) is 31.1 Å². The van der Waals surface area contributed by atoms with Crippen molar-refractivity contribution >= 4 is 17.9 Å². The standard InChI is InChI=1S/C75H126O6/c1-4-7-10-13-16-19-22-25-28-30-32-34-36-37-39-40-42-44-47-50-53-56-59-62-65-68-74(77)80-71-72(70-79-73(76)67-64-61-58-55-52-49-46-27-24-21-18-15-12-9-6-3)81-75(78)69-66-63-60-57-54-51-48-45-43-41-38-35-33-31-29-26-23-20-17-14-11-8-5-2/h8-9,11-12,17-18,20-22,25-27,29-30,32-33,35,41,43,46,72H,4-7,10,13-16,19,23-24,28,31,34,36-40,42,44-45,47-71H2,1-3H3/b11-8-,12-9-,20-17-,21-18-,25-22-,29-26-,32-30-,35-33-,43-41-,46-27-. The highest BCUT2D eigenvalue weighted by molar-refractivity contribution is 5.71. The van der Waals surface area contributed by atoms with E-state index in [0.717, 1.165) is 141 Å². The van der Waals surface area contributed by atoms with Crippen molar-refractivity contribution in [2.75, 3.05) is 13.2 Å².